The van der Waals surface area contributed by atoms with Crippen molar-refractivity contribution in [2.75, 3.05) is 50.8 Å². The summed E-state index contributed by atoms with van der Waals surface area (Å²) in [5.74, 6) is -0.111. The average Bonchev–Trinajstić information content (AvgIpc) is 3.44. The molecule has 0 saturated carbocycles. The molecule has 3 heterocycles. The lowest BCUT2D eigenvalue weighted by molar-refractivity contribution is -0.138. The first-order valence-corrected chi connectivity index (χ1v) is 13.6. The highest BCUT2D eigenvalue weighted by Gasteiger charge is 2.52. The number of nitrogens with one attached hydrogen (secondary N) is 1. The zero-order valence-electron chi connectivity index (χ0n) is 22.2. The van der Waals surface area contributed by atoms with Crippen molar-refractivity contribution >= 4 is 23.3 Å². The van der Waals surface area contributed by atoms with Crippen LogP contribution in [0, 0.1) is 11.8 Å². The maximum Gasteiger partial charge on any atom is 0.251 e. The Kier molecular flexibility index (Phi) is 8.67. The lowest BCUT2D eigenvalue weighted by atomic mass is 9.99. The molecule has 0 radical (unpaired) electrons. The lowest BCUT2D eigenvalue weighted by Gasteiger charge is -2.36. The van der Waals surface area contributed by atoms with Crippen LogP contribution in [0.5, 0.6) is 0 Å². The van der Waals surface area contributed by atoms with Crippen molar-refractivity contribution in [1.82, 2.24) is 15.1 Å². The Balaban J connectivity index is 1.41. The fourth-order valence-corrected chi connectivity index (χ4v) is 5.85. The summed E-state index contributed by atoms with van der Waals surface area (Å²) < 4.78 is 5.73. The molecular formula is C28H42N4O4. The number of carbonyl (C=O) groups is 3. The Bertz CT molecular complexity index is 926. The molecule has 198 valence electrons. The van der Waals surface area contributed by atoms with Gasteiger partial charge < -0.3 is 19.9 Å². The van der Waals surface area contributed by atoms with E-state index >= 15 is 0 Å². The van der Waals surface area contributed by atoms with E-state index in [0.29, 0.717) is 18.5 Å². The van der Waals surface area contributed by atoms with E-state index in [2.05, 4.69) is 29.0 Å². The number of rotatable bonds is 9. The van der Waals surface area contributed by atoms with E-state index in [9.17, 15) is 14.4 Å². The highest BCUT2D eigenvalue weighted by molar-refractivity contribution is 5.99. The Hall–Kier alpha value is -2.45. The first-order valence-electron chi connectivity index (χ1n) is 13.6. The predicted octanol–water partition coefficient (Wildman–Crippen LogP) is 2.57. The minimum atomic E-state index is -0.673. The van der Waals surface area contributed by atoms with Crippen LogP contribution in [0.4, 0.5) is 5.69 Å². The molecule has 3 saturated heterocycles. The highest BCUT2D eigenvalue weighted by Crippen LogP contribution is 2.34. The largest absolute Gasteiger partial charge is 0.369 e. The second-order valence-corrected chi connectivity index (χ2v) is 10.9. The summed E-state index contributed by atoms with van der Waals surface area (Å²) in [4.78, 5) is 45.8. The van der Waals surface area contributed by atoms with Crippen LogP contribution < -0.4 is 10.2 Å². The van der Waals surface area contributed by atoms with Gasteiger partial charge in [-0.1, -0.05) is 27.7 Å². The summed E-state index contributed by atoms with van der Waals surface area (Å²) in [6, 6.07) is 6.48. The molecule has 8 nitrogen and oxygen atoms in total. The van der Waals surface area contributed by atoms with Crippen molar-refractivity contribution in [2.45, 2.75) is 65.1 Å². The molecule has 1 unspecified atom stereocenters. The normalized spacial score (nSPS) is 25.4. The van der Waals surface area contributed by atoms with E-state index in [1.54, 1.807) is 4.90 Å². The predicted molar refractivity (Wildman–Crippen MR) is 140 cm³/mol. The topological polar surface area (TPSA) is 82.2 Å². The Morgan fingerprint density at radius 3 is 2.39 bits per heavy atom. The van der Waals surface area contributed by atoms with E-state index in [1.807, 2.05) is 38.1 Å². The standard InChI is InChI=1S/C28H42N4O4/c1-5-11-30-12-14-31(15-13-30)22-9-7-21(8-10-22)27(34)29-23(16-19(3)4)28(35)32-17-20(6-2)26-25(32)24(33)18-36-26/h7-10,19-20,23,25-26H,5-6,11-18H2,1-4H3,(H,29,34)/t20-,23?,25+,26+/m0/s1. The SMILES string of the molecule is CCCN1CCN(c2ccc(C(=O)NC(CC(C)C)C(=O)N3C[C@H](CC)[C@H]4OCC(=O)[C@H]43)cc2)CC1. The molecule has 8 heteroatoms. The third-order valence-corrected chi connectivity index (χ3v) is 7.82. The number of likely N-dealkylation sites (tertiary alicyclic amines) is 1. The second kappa shape index (κ2) is 11.7. The van der Waals surface area contributed by atoms with Crippen molar-refractivity contribution in [3.05, 3.63) is 29.8 Å². The molecule has 0 aliphatic carbocycles. The van der Waals surface area contributed by atoms with Crippen molar-refractivity contribution in [3.8, 4) is 0 Å². The molecule has 2 amide bonds. The maximum atomic E-state index is 13.6. The highest BCUT2D eigenvalue weighted by atomic mass is 16.5. The average molecular weight is 499 g/mol. The molecule has 3 aliphatic heterocycles. The van der Waals surface area contributed by atoms with Gasteiger partial charge in [-0.25, -0.2) is 0 Å². The third kappa shape index (κ3) is 5.75. The maximum absolute atomic E-state index is 13.6. The molecule has 1 N–H and O–H groups in total. The molecule has 3 aliphatic rings. The van der Waals surface area contributed by atoms with Gasteiger partial charge in [-0.2, -0.15) is 0 Å². The van der Waals surface area contributed by atoms with Crippen LogP contribution in [-0.2, 0) is 14.3 Å². The van der Waals surface area contributed by atoms with Crippen LogP contribution in [0.1, 0.15) is 57.3 Å². The molecule has 4 atom stereocenters. The first-order chi connectivity index (χ1) is 17.3. The summed E-state index contributed by atoms with van der Waals surface area (Å²) in [6.45, 7) is 14.1. The number of ether oxygens (including phenoxy) is 1. The fourth-order valence-electron chi connectivity index (χ4n) is 5.85. The number of benzene rings is 1. The molecule has 0 bridgehead atoms. The van der Waals surface area contributed by atoms with Crippen LogP contribution in [0.3, 0.4) is 0 Å². The number of piperazine rings is 1. The van der Waals surface area contributed by atoms with E-state index in [4.69, 9.17) is 4.74 Å². The van der Waals surface area contributed by atoms with Gasteiger partial charge in [0.25, 0.3) is 5.91 Å². The van der Waals surface area contributed by atoms with E-state index in [1.165, 1.54) is 6.42 Å². The molecule has 36 heavy (non-hydrogen) atoms. The van der Waals surface area contributed by atoms with E-state index < -0.39 is 12.1 Å². The Morgan fingerprint density at radius 2 is 1.78 bits per heavy atom. The van der Waals surface area contributed by atoms with Crippen LogP contribution in [0.25, 0.3) is 0 Å². The van der Waals surface area contributed by atoms with Gasteiger partial charge in [-0.15, -0.1) is 0 Å². The van der Waals surface area contributed by atoms with Crippen molar-refractivity contribution in [2.24, 2.45) is 11.8 Å². The second-order valence-electron chi connectivity index (χ2n) is 10.9. The zero-order valence-corrected chi connectivity index (χ0v) is 22.2. The number of amides is 2. The van der Waals surface area contributed by atoms with Crippen molar-refractivity contribution in [3.63, 3.8) is 0 Å². The number of ketones is 1. The zero-order chi connectivity index (χ0) is 25.8. The van der Waals surface area contributed by atoms with Crippen LogP contribution in [0.2, 0.25) is 0 Å². The van der Waals surface area contributed by atoms with Crippen LogP contribution in [0.15, 0.2) is 24.3 Å². The number of hydrogen-bond acceptors (Lipinski definition) is 6. The van der Waals surface area contributed by atoms with Gasteiger partial charge in [-0.3, -0.25) is 19.3 Å². The summed E-state index contributed by atoms with van der Waals surface area (Å²) in [5, 5.41) is 2.99. The van der Waals surface area contributed by atoms with Gasteiger partial charge in [0, 0.05) is 49.9 Å². The minimum Gasteiger partial charge on any atom is -0.369 e. The summed E-state index contributed by atoms with van der Waals surface area (Å²) >= 11 is 0. The Morgan fingerprint density at radius 1 is 1.08 bits per heavy atom. The summed E-state index contributed by atoms with van der Waals surface area (Å²) in [7, 11) is 0. The van der Waals surface area contributed by atoms with Crippen LogP contribution in [-0.4, -0.2) is 91.5 Å². The van der Waals surface area contributed by atoms with Crippen molar-refractivity contribution < 1.29 is 19.1 Å². The molecule has 3 fully saturated rings. The van der Waals surface area contributed by atoms with E-state index in [0.717, 1.165) is 44.8 Å². The van der Waals surface area contributed by atoms with E-state index in [-0.39, 0.29) is 42.1 Å². The molecule has 1 aromatic rings. The van der Waals surface area contributed by atoms with Gasteiger partial charge >= 0.3 is 0 Å². The molecule has 1 aromatic carbocycles. The van der Waals surface area contributed by atoms with Crippen molar-refractivity contribution in [1.29, 1.82) is 0 Å². The molecular weight excluding hydrogens is 456 g/mol. The molecule has 0 spiro atoms. The third-order valence-electron chi connectivity index (χ3n) is 7.82. The lowest BCUT2D eigenvalue weighted by Crippen LogP contribution is -2.52. The van der Waals surface area contributed by atoms with Gasteiger partial charge in [-0.05, 0) is 56.0 Å². The number of nitrogens with zero attached hydrogens (tertiary/aromatic N) is 3. The monoisotopic (exact) mass is 498 g/mol. The van der Waals surface area contributed by atoms with Gasteiger partial charge in [0.05, 0.1) is 6.10 Å². The van der Waals surface area contributed by atoms with Crippen LogP contribution >= 0.6 is 0 Å². The number of anilines is 1. The molecule has 0 aromatic heterocycles. The molecule has 4 rings (SSSR count). The van der Waals surface area contributed by atoms with Gasteiger partial charge in [0.15, 0.2) is 5.78 Å². The van der Waals surface area contributed by atoms with Gasteiger partial charge in [0.1, 0.15) is 18.7 Å². The summed E-state index contributed by atoms with van der Waals surface area (Å²) in [6.07, 6.45) is 2.31. The smallest absolute Gasteiger partial charge is 0.251 e. The number of hydrogen-bond donors (Lipinski definition) is 1. The minimum absolute atomic E-state index is 0.0370. The summed E-state index contributed by atoms with van der Waals surface area (Å²) in [5.41, 5.74) is 1.65. The Labute approximate surface area is 215 Å². The van der Waals surface area contributed by atoms with Gasteiger partial charge in [0.2, 0.25) is 5.91 Å². The number of carbonyl (C=O) groups excluding carboxylic acids is 3. The number of fused-ring (bicyclic) bond motifs is 1. The number of Topliss-reactive ketones (excluding diaryl/α,β-unsaturated/α-hetero) is 1. The first kappa shape index (κ1) is 26.6. The quantitative estimate of drug-likeness (QED) is 0.564. The fraction of sp³-hybridized carbons (Fsp3) is 0.679.